The molecule has 1 aliphatic heterocycles. The van der Waals surface area contributed by atoms with E-state index in [0.717, 1.165) is 5.92 Å². The average molecular weight is 257 g/mol. The Morgan fingerprint density at radius 2 is 1.95 bits per heavy atom. The molecular weight excluding hydrogens is 230 g/mol. The molecule has 2 atom stereocenters. The van der Waals surface area contributed by atoms with Crippen molar-refractivity contribution >= 4 is 0 Å². The Morgan fingerprint density at radius 1 is 1.16 bits per heavy atom. The van der Waals surface area contributed by atoms with Crippen LogP contribution >= 0.6 is 0 Å². The summed E-state index contributed by atoms with van der Waals surface area (Å²) >= 11 is 0. The smallest absolute Gasteiger partial charge is 0.0281 e. The third-order valence-corrected chi connectivity index (χ3v) is 5.44. The van der Waals surface area contributed by atoms with Crippen LogP contribution in [0, 0.1) is 5.92 Å². The fourth-order valence-electron chi connectivity index (χ4n) is 4.66. The zero-order valence-corrected chi connectivity index (χ0v) is 12.4. The molecule has 1 aliphatic carbocycles. The van der Waals surface area contributed by atoms with E-state index in [1.165, 1.54) is 50.6 Å². The van der Waals surface area contributed by atoms with Gasteiger partial charge >= 0.3 is 0 Å². The van der Waals surface area contributed by atoms with E-state index in [4.69, 9.17) is 0 Å². The molecule has 0 radical (unpaired) electrons. The Balaban J connectivity index is 1.90. The molecule has 2 fully saturated rings. The van der Waals surface area contributed by atoms with Crippen LogP contribution in [0.5, 0.6) is 0 Å². The van der Waals surface area contributed by atoms with Gasteiger partial charge in [-0.25, -0.2) is 0 Å². The summed E-state index contributed by atoms with van der Waals surface area (Å²) in [6, 6.07) is 11.8. The average Bonchev–Trinajstić information content (AvgIpc) is 2.78. The normalized spacial score (nSPS) is 31.6. The summed E-state index contributed by atoms with van der Waals surface area (Å²) in [5, 5.41) is 0. The molecule has 0 N–H and O–H groups in total. The third kappa shape index (κ3) is 2.33. The molecule has 0 aromatic heterocycles. The molecule has 1 nitrogen and oxygen atoms in total. The van der Waals surface area contributed by atoms with E-state index in [1.807, 2.05) is 0 Å². The van der Waals surface area contributed by atoms with Crippen molar-refractivity contribution < 1.29 is 0 Å². The molecule has 0 bridgehead atoms. The SMILES string of the molecule is CC(C)N1CC[C@@H]2CCCC[C@@]21Cc1ccccc1. The second-order valence-electron chi connectivity index (χ2n) is 6.78. The number of nitrogens with zero attached hydrogens (tertiary/aromatic N) is 1. The van der Waals surface area contributed by atoms with Crippen molar-refractivity contribution in [3.05, 3.63) is 35.9 Å². The van der Waals surface area contributed by atoms with Crippen LogP contribution in [-0.2, 0) is 6.42 Å². The van der Waals surface area contributed by atoms with Gasteiger partial charge in [-0.15, -0.1) is 0 Å². The summed E-state index contributed by atoms with van der Waals surface area (Å²) in [7, 11) is 0. The molecule has 2 aliphatic rings. The van der Waals surface area contributed by atoms with E-state index in [0.29, 0.717) is 11.6 Å². The van der Waals surface area contributed by atoms with Crippen molar-refractivity contribution in [1.29, 1.82) is 0 Å². The van der Waals surface area contributed by atoms with Gasteiger partial charge in [-0.05, 0) is 57.6 Å². The molecule has 3 rings (SSSR count). The molecule has 1 aromatic rings. The van der Waals surface area contributed by atoms with Crippen molar-refractivity contribution in [1.82, 2.24) is 4.90 Å². The first-order chi connectivity index (χ1) is 9.22. The second-order valence-corrected chi connectivity index (χ2v) is 6.78. The first-order valence-electron chi connectivity index (χ1n) is 8.03. The minimum Gasteiger partial charge on any atom is -0.295 e. The van der Waals surface area contributed by atoms with Crippen LogP contribution in [-0.4, -0.2) is 23.0 Å². The lowest BCUT2D eigenvalue weighted by Crippen LogP contribution is -2.53. The van der Waals surface area contributed by atoms with E-state index in [1.54, 1.807) is 0 Å². The Bertz CT molecular complexity index is 411. The zero-order chi connectivity index (χ0) is 13.3. The number of rotatable bonds is 3. The maximum absolute atomic E-state index is 2.82. The lowest BCUT2D eigenvalue weighted by atomic mass is 9.70. The van der Waals surface area contributed by atoms with Crippen molar-refractivity contribution in [2.75, 3.05) is 6.54 Å². The molecule has 1 saturated carbocycles. The summed E-state index contributed by atoms with van der Waals surface area (Å²) in [5.41, 5.74) is 2.00. The van der Waals surface area contributed by atoms with Crippen LogP contribution in [0.1, 0.15) is 51.5 Å². The quantitative estimate of drug-likeness (QED) is 0.781. The third-order valence-electron chi connectivity index (χ3n) is 5.44. The van der Waals surface area contributed by atoms with E-state index >= 15 is 0 Å². The maximum atomic E-state index is 2.82. The molecule has 104 valence electrons. The van der Waals surface area contributed by atoms with Crippen molar-refractivity contribution in [3.63, 3.8) is 0 Å². The Kier molecular flexibility index (Phi) is 3.66. The van der Waals surface area contributed by atoms with E-state index in [2.05, 4.69) is 49.1 Å². The molecule has 1 aromatic carbocycles. The predicted molar refractivity (Wildman–Crippen MR) is 81.3 cm³/mol. The van der Waals surface area contributed by atoms with Gasteiger partial charge in [0.1, 0.15) is 0 Å². The van der Waals surface area contributed by atoms with Crippen LogP contribution in [0.2, 0.25) is 0 Å². The number of hydrogen-bond donors (Lipinski definition) is 0. The highest BCUT2D eigenvalue weighted by molar-refractivity contribution is 5.20. The highest BCUT2D eigenvalue weighted by Gasteiger charge is 2.49. The van der Waals surface area contributed by atoms with E-state index in [-0.39, 0.29) is 0 Å². The molecule has 1 heteroatoms. The number of fused-ring (bicyclic) bond motifs is 1. The second kappa shape index (κ2) is 5.28. The maximum Gasteiger partial charge on any atom is 0.0281 e. The van der Waals surface area contributed by atoms with Crippen LogP contribution < -0.4 is 0 Å². The van der Waals surface area contributed by atoms with Gasteiger partial charge in [0.15, 0.2) is 0 Å². The van der Waals surface area contributed by atoms with Gasteiger partial charge in [-0.3, -0.25) is 4.90 Å². The monoisotopic (exact) mass is 257 g/mol. The van der Waals surface area contributed by atoms with Gasteiger partial charge in [-0.2, -0.15) is 0 Å². The Labute approximate surface area is 118 Å². The summed E-state index contributed by atoms with van der Waals surface area (Å²) in [6.07, 6.45) is 8.42. The van der Waals surface area contributed by atoms with Crippen LogP contribution in [0.3, 0.4) is 0 Å². The predicted octanol–water partition coefficient (Wildman–Crippen LogP) is 4.27. The highest BCUT2D eigenvalue weighted by atomic mass is 15.2. The first kappa shape index (κ1) is 13.2. The van der Waals surface area contributed by atoms with Gasteiger partial charge in [0, 0.05) is 11.6 Å². The summed E-state index contributed by atoms with van der Waals surface area (Å²) in [4.78, 5) is 2.82. The first-order valence-corrected chi connectivity index (χ1v) is 8.03. The molecule has 0 spiro atoms. The number of benzene rings is 1. The molecule has 1 heterocycles. The Morgan fingerprint density at radius 3 is 2.68 bits per heavy atom. The minimum atomic E-state index is 0.466. The zero-order valence-electron chi connectivity index (χ0n) is 12.4. The molecule has 19 heavy (non-hydrogen) atoms. The number of hydrogen-bond acceptors (Lipinski definition) is 1. The fraction of sp³-hybridized carbons (Fsp3) is 0.667. The largest absolute Gasteiger partial charge is 0.295 e. The number of likely N-dealkylation sites (tertiary alicyclic amines) is 1. The lowest BCUT2D eigenvalue weighted by Gasteiger charge is -2.47. The van der Waals surface area contributed by atoms with Crippen molar-refractivity contribution in [3.8, 4) is 0 Å². The van der Waals surface area contributed by atoms with Gasteiger partial charge in [-0.1, -0.05) is 43.2 Å². The molecule has 1 saturated heterocycles. The van der Waals surface area contributed by atoms with Crippen molar-refractivity contribution in [2.24, 2.45) is 5.92 Å². The molecule has 0 amide bonds. The minimum absolute atomic E-state index is 0.466. The standard InChI is InChI=1S/C18H27N/c1-15(2)19-13-11-17-10-6-7-12-18(17,19)14-16-8-4-3-5-9-16/h3-5,8-9,15,17H,6-7,10-14H2,1-2H3/t17-,18+/m0/s1. The van der Waals surface area contributed by atoms with Gasteiger partial charge < -0.3 is 0 Å². The van der Waals surface area contributed by atoms with Gasteiger partial charge in [0.2, 0.25) is 0 Å². The fourth-order valence-corrected chi connectivity index (χ4v) is 4.66. The van der Waals surface area contributed by atoms with Gasteiger partial charge in [0.05, 0.1) is 0 Å². The van der Waals surface area contributed by atoms with E-state index in [9.17, 15) is 0 Å². The topological polar surface area (TPSA) is 3.24 Å². The van der Waals surface area contributed by atoms with Crippen LogP contribution in [0.4, 0.5) is 0 Å². The summed E-state index contributed by atoms with van der Waals surface area (Å²) < 4.78 is 0. The summed E-state index contributed by atoms with van der Waals surface area (Å²) in [5.74, 6) is 0.934. The summed E-state index contributed by atoms with van der Waals surface area (Å²) in [6.45, 7) is 6.07. The molecule has 0 unspecified atom stereocenters. The van der Waals surface area contributed by atoms with Gasteiger partial charge in [0.25, 0.3) is 0 Å². The molecular formula is C18H27N. The highest BCUT2D eigenvalue weighted by Crippen LogP contribution is 2.48. The van der Waals surface area contributed by atoms with Crippen LogP contribution in [0.25, 0.3) is 0 Å². The van der Waals surface area contributed by atoms with Crippen LogP contribution in [0.15, 0.2) is 30.3 Å². The Hall–Kier alpha value is -0.820. The van der Waals surface area contributed by atoms with E-state index < -0.39 is 0 Å². The lowest BCUT2D eigenvalue weighted by molar-refractivity contribution is 0.0395. The van der Waals surface area contributed by atoms with Crippen molar-refractivity contribution in [2.45, 2.75) is 64.0 Å².